The molecule has 2 aromatic carbocycles. The first-order valence-corrected chi connectivity index (χ1v) is 10.3. The van der Waals surface area contributed by atoms with E-state index in [0.717, 1.165) is 16.0 Å². The molecular weight excluding hydrogens is 396 g/mol. The molecule has 7 nitrogen and oxygen atoms in total. The lowest BCUT2D eigenvalue weighted by atomic mass is 10.0. The fourth-order valence-electron chi connectivity index (χ4n) is 3.64. The Morgan fingerprint density at radius 2 is 1.55 bits per heavy atom. The molecule has 1 aliphatic heterocycles. The first kappa shape index (κ1) is 22.2. The molecule has 0 saturated heterocycles. The van der Waals surface area contributed by atoms with Crippen molar-refractivity contribution < 1.29 is 23.9 Å². The fraction of sp³-hybridized carbons (Fsp3) is 0.333. The van der Waals surface area contributed by atoms with Gasteiger partial charge in [0.2, 0.25) is 0 Å². The van der Waals surface area contributed by atoms with Gasteiger partial charge in [-0.25, -0.2) is 4.79 Å². The van der Waals surface area contributed by atoms with Crippen LogP contribution in [0, 0.1) is 12.8 Å². The number of nitrogens with one attached hydrogen (secondary N) is 1. The van der Waals surface area contributed by atoms with E-state index in [1.165, 1.54) is 0 Å². The van der Waals surface area contributed by atoms with E-state index < -0.39 is 36.3 Å². The molecule has 1 heterocycles. The predicted molar refractivity (Wildman–Crippen MR) is 114 cm³/mol. The van der Waals surface area contributed by atoms with Crippen LogP contribution >= 0.6 is 0 Å². The summed E-state index contributed by atoms with van der Waals surface area (Å²) in [4.78, 5) is 51.2. The molecule has 0 radical (unpaired) electrons. The van der Waals surface area contributed by atoms with Crippen molar-refractivity contribution in [1.82, 2.24) is 10.2 Å². The Labute approximate surface area is 181 Å². The fourth-order valence-corrected chi connectivity index (χ4v) is 3.64. The molecule has 0 bridgehead atoms. The second kappa shape index (κ2) is 9.55. The number of fused-ring (bicyclic) bond motifs is 1. The van der Waals surface area contributed by atoms with Gasteiger partial charge in [0.25, 0.3) is 17.7 Å². The molecule has 0 spiro atoms. The Balaban J connectivity index is 1.57. The summed E-state index contributed by atoms with van der Waals surface area (Å²) in [7, 11) is 0. The SMILES string of the molecule is Cc1ccccc1CCNC(=O)COC(=O)[C@@H](C(C)C)N1C(=O)c2ccccc2C1=O. The summed E-state index contributed by atoms with van der Waals surface area (Å²) in [6, 6.07) is 13.2. The van der Waals surface area contributed by atoms with Crippen molar-refractivity contribution in [2.24, 2.45) is 5.92 Å². The number of aryl methyl sites for hydroxylation is 1. The van der Waals surface area contributed by atoms with E-state index in [1.54, 1.807) is 38.1 Å². The molecule has 0 aliphatic carbocycles. The minimum Gasteiger partial charge on any atom is -0.454 e. The van der Waals surface area contributed by atoms with E-state index >= 15 is 0 Å². The van der Waals surface area contributed by atoms with E-state index in [-0.39, 0.29) is 17.0 Å². The molecule has 0 unspecified atom stereocenters. The molecule has 0 aromatic heterocycles. The summed E-state index contributed by atoms with van der Waals surface area (Å²) in [5.41, 5.74) is 2.80. The second-order valence-corrected chi connectivity index (χ2v) is 7.85. The van der Waals surface area contributed by atoms with Gasteiger partial charge in [0.15, 0.2) is 6.61 Å². The number of hydrogen-bond acceptors (Lipinski definition) is 5. The normalized spacial score (nSPS) is 13.9. The maximum absolute atomic E-state index is 12.7. The van der Waals surface area contributed by atoms with Crippen molar-refractivity contribution in [2.75, 3.05) is 13.2 Å². The number of amides is 3. The largest absolute Gasteiger partial charge is 0.454 e. The number of carbonyl (C=O) groups excluding carboxylic acids is 4. The average molecular weight is 422 g/mol. The predicted octanol–water partition coefficient (Wildman–Crippen LogP) is 2.52. The average Bonchev–Trinajstić information content (AvgIpc) is 2.99. The van der Waals surface area contributed by atoms with Gasteiger partial charge in [0, 0.05) is 6.54 Å². The summed E-state index contributed by atoms with van der Waals surface area (Å²) in [6.45, 7) is 5.38. The monoisotopic (exact) mass is 422 g/mol. The van der Waals surface area contributed by atoms with Crippen LogP contribution in [-0.4, -0.2) is 47.8 Å². The van der Waals surface area contributed by atoms with Crippen molar-refractivity contribution in [2.45, 2.75) is 33.2 Å². The molecule has 31 heavy (non-hydrogen) atoms. The van der Waals surface area contributed by atoms with Crippen LogP contribution < -0.4 is 5.32 Å². The van der Waals surface area contributed by atoms with Gasteiger partial charge in [-0.1, -0.05) is 50.2 Å². The van der Waals surface area contributed by atoms with Gasteiger partial charge < -0.3 is 10.1 Å². The summed E-state index contributed by atoms with van der Waals surface area (Å²) in [5, 5.41) is 2.72. The molecule has 1 atom stereocenters. The zero-order valence-electron chi connectivity index (χ0n) is 17.9. The molecule has 7 heteroatoms. The van der Waals surface area contributed by atoms with Crippen molar-refractivity contribution in [3.8, 4) is 0 Å². The zero-order valence-corrected chi connectivity index (χ0v) is 17.9. The van der Waals surface area contributed by atoms with E-state index in [2.05, 4.69) is 5.32 Å². The van der Waals surface area contributed by atoms with Gasteiger partial charge in [-0.05, 0) is 42.5 Å². The smallest absolute Gasteiger partial charge is 0.330 e. The molecule has 3 amide bonds. The molecule has 1 aliphatic rings. The highest BCUT2D eigenvalue weighted by atomic mass is 16.5. The minimum absolute atomic E-state index is 0.264. The quantitative estimate of drug-likeness (QED) is 0.521. The van der Waals surface area contributed by atoms with Gasteiger partial charge in [-0.2, -0.15) is 0 Å². The Kier molecular flexibility index (Phi) is 6.84. The highest BCUT2D eigenvalue weighted by Crippen LogP contribution is 2.27. The van der Waals surface area contributed by atoms with Crippen molar-refractivity contribution in [1.29, 1.82) is 0 Å². The highest BCUT2D eigenvalue weighted by molar-refractivity contribution is 6.22. The highest BCUT2D eigenvalue weighted by Gasteiger charge is 2.44. The minimum atomic E-state index is -1.10. The van der Waals surface area contributed by atoms with E-state index in [0.29, 0.717) is 13.0 Å². The third-order valence-corrected chi connectivity index (χ3v) is 5.30. The number of carbonyl (C=O) groups is 4. The van der Waals surface area contributed by atoms with Gasteiger partial charge >= 0.3 is 5.97 Å². The Bertz CT molecular complexity index is 980. The zero-order chi connectivity index (χ0) is 22.5. The molecule has 162 valence electrons. The van der Waals surface area contributed by atoms with Crippen LogP contribution in [0.4, 0.5) is 0 Å². The van der Waals surface area contributed by atoms with Gasteiger partial charge in [0.05, 0.1) is 11.1 Å². The summed E-state index contributed by atoms with van der Waals surface area (Å²) in [5.74, 6) is -2.65. The first-order chi connectivity index (χ1) is 14.8. The summed E-state index contributed by atoms with van der Waals surface area (Å²) in [6.07, 6.45) is 0.663. The maximum Gasteiger partial charge on any atom is 0.330 e. The van der Waals surface area contributed by atoms with Crippen molar-refractivity contribution >= 4 is 23.7 Å². The molecule has 0 saturated carbocycles. The second-order valence-electron chi connectivity index (χ2n) is 7.85. The number of hydrogen-bond donors (Lipinski definition) is 1. The third kappa shape index (κ3) is 4.82. The standard InChI is InChI=1S/C24H26N2O5/c1-15(2)21(26-22(28)18-10-6-7-11-19(18)23(26)29)24(30)31-14-20(27)25-13-12-17-9-5-4-8-16(17)3/h4-11,15,21H,12-14H2,1-3H3,(H,25,27)/t21-/m1/s1. The topological polar surface area (TPSA) is 92.8 Å². The van der Waals surface area contributed by atoms with Crippen LogP contribution in [-0.2, 0) is 20.7 Å². The van der Waals surface area contributed by atoms with Crippen LogP contribution in [0.3, 0.4) is 0 Å². The number of rotatable bonds is 8. The number of benzene rings is 2. The van der Waals surface area contributed by atoms with Crippen molar-refractivity contribution in [3.63, 3.8) is 0 Å². The number of esters is 1. The number of imide groups is 1. The van der Waals surface area contributed by atoms with Crippen LogP contribution in [0.5, 0.6) is 0 Å². The van der Waals surface area contributed by atoms with Crippen LogP contribution in [0.25, 0.3) is 0 Å². The molecule has 1 N–H and O–H groups in total. The van der Waals surface area contributed by atoms with Crippen LogP contribution in [0.2, 0.25) is 0 Å². The Morgan fingerprint density at radius 3 is 2.13 bits per heavy atom. The third-order valence-electron chi connectivity index (χ3n) is 5.30. The number of ether oxygens (including phenoxy) is 1. The molecule has 0 fully saturated rings. The lowest BCUT2D eigenvalue weighted by Gasteiger charge is -2.27. The van der Waals surface area contributed by atoms with E-state index in [9.17, 15) is 19.2 Å². The summed E-state index contributed by atoms with van der Waals surface area (Å²) >= 11 is 0. The Morgan fingerprint density at radius 1 is 0.968 bits per heavy atom. The maximum atomic E-state index is 12.7. The van der Waals surface area contributed by atoms with Gasteiger partial charge in [0.1, 0.15) is 6.04 Å². The van der Waals surface area contributed by atoms with E-state index in [1.807, 2.05) is 31.2 Å². The lowest BCUT2D eigenvalue weighted by molar-refractivity contribution is -0.153. The van der Waals surface area contributed by atoms with Crippen molar-refractivity contribution in [3.05, 3.63) is 70.8 Å². The van der Waals surface area contributed by atoms with Gasteiger partial charge in [-0.3, -0.25) is 19.3 Å². The van der Waals surface area contributed by atoms with Crippen LogP contribution in [0.1, 0.15) is 45.7 Å². The summed E-state index contributed by atoms with van der Waals surface area (Å²) < 4.78 is 5.16. The molecular formula is C24H26N2O5. The lowest BCUT2D eigenvalue weighted by Crippen LogP contribution is -2.49. The first-order valence-electron chi connectivity index (χ1n) is 10.3. The van der Waals surface area contributed by atoms with E-state index in [4.69, 9.17) is 4.74 Å². The van der Waals surface area contributed by atoms with Crippen LogP contribution in [0.15, 0.2) is 48.5 Å². The van der Waals surface area contributed by atoms with Gasteiger partial charge in [-0.15, -0.1) is 0 Å². The Hall–Kier alpha value is -3.48. The number of nitrogens with zero attached hydrogens (tertiary/aromatic N) is 1. The molecule has 3 rings (SSSR count). The molecule has 2 aromatic rings.